The zero-order chi connectivity index (χ0) is 64.0. The summed E-state index contributed by atoms with van der Waals surface area (Å²) < 4.78 is 0. The Hall–Kier alpha value is -10.9. The van der Waals surface area contributed by atoms with Crippen LogP contribution >= 0.6 is 23.5 Å². The van der Waals surface area contributed by atoms with E-state index in [1.54, 1.807) is 0 Å². The van der Waals surface area contributed by atoms with E-state index >= 15 is 0 Å². The highest BCUT2D eigenvalue weighted by atomic mass is 32.2. The van der Waals surface area contributed by atoms with Gasteiger partial charge in [0.1, 0.15) is 0 Å². The van der Waals surface area contributed by atoms with Crippen LogP contribution in [0.1, 0.15) is 26.3 Å². The number of para-hydroxylation sites is 6. The highest BCUT2D eigenvalue weighted by molar-refractivity contribution is 8.00. The van der Waals surface area contributed by atoms with Crippen LogP contribution in [0.25, 0.3) is 33.4 Å². The van der Waals surface area contributed by atoms with E-state index in [0.29, 0.717) is 0 Å². The molecule has 14 aromatic rings. The van der Waals surface area contributed by atoms with Crippen molar-refractivity contribution < 1.29 is 0 Å². The Kier molecular flexibility index (Phi) is 14.2. The monoisotopic (exact) mass is 1260 g/mol. The second kappa shape index (κ2) is 23.5. The normalized spacial score (nSPS) is 13.0. The Labute approximate surface area is 572 Å². The van der Waals surface area contributed by atoms with E-state index in [-0.39, 0.29) is 18.8 Å². The fourth-order valence-corrected chi connectivity index (χ4v) is 17.7. The summed E-state index contributed by atoms with van der Waals surface area (Å²) in [5, 5.41) is 0. The molecule has 0 aromatic heterocycles. The van der Waals surface area contributed by atoms with Crippen molar-refractivity contribution in [2.24, 2.45) is 0 Å². The summed E-state index contributed by atoms with van der Waals surface area (Å²) in [4.78, 5) is 15.1. The predicted molar refractivity (Wildman–Crippen MR) is 411 cm³/mol. The smallest absolute Gasteiger partial charge is 0.249 e. The summed E-state index contributed by atoms with van der Waals surface area (Å²) in [6.07, 6.45) is 0. The first-order chi connectivity index (χ1) is 47.3. The molecule has 18 rings (SSSR count). The van der Waals surface area contributed by atoms with E-state index < -0.39 is 0 Å². The summed E-state index contributed by atoms with van der Waals surface area (Å²) in [7, 11) is 0. The lowest BCUT2D eigenvalue weighted by Crippen LogP contribution is -2.64. The Morgan fingerprint density at radius 1 is 0.281 bits per heavy atom. The molecule has 0 amide bonds. The zero-order valence-corrected chi connectivity index (χ0v) is 55.1. The summed E-state index contributed by atoms with van der Waals surface area (Å²) in [6.45, 7) is 6.73. The molecule has 8 heteroatoms. The van der Waals surface area contributed by atoms with Crippen LogP contribution in [0, 0.1) is 0 Å². The largest absolute Gasteiger partial charge is 0.311 e. The number of anilines is 12. The maximum Gasteiger partial charge on any atom is 0.249 e. The van der Waals surface area contributed by atoms with Crippen LogP contribution in [-0.4, -0.2) is 13.4 Å². The maximum atomic E-state index is 2.66. The number of fused-ring (bicyclic) bond motifs is 8. The highest BCUT2D eigenvalue weighted by Gasteiger charge is 2.47. The Balaban J connectivity index is 0.909. The first-order valence-electron chi connectivity index (χ1n) is 33.2. The Morgan fingerprint density at radius 3 is 1.41 bits per heavy atom. The standard InChI is InChI=1S/C88H64B2N4S2/c1-88(2,3)63-49-45-62(46-50-63)71-38-20-24-42-77(71)94-79-58-83-75(89-72-39-21-25-43-78(72)93(66-35-17-8-18-36-66)80-53-68(55-85(96-83)86(80)89)91(64-31-13-6-14-32-64)65-33-15-7-16-34-65)57-74(79)90-73-40-22-26-44-82(73)95-84-56-69(54-81(94)87(84)90)92(67-51-47-60(48-52-67)59-27-9-4-10-28-59)76-41-23-19-37-70(76)61-29-11-5-12-30-61/h4-58H,1-3H3. The summed E-state index contributed by atoms with van der Waals surface area (Å²) in [5.41, 5.74) is 29.7. The van der Waals surface area contributed by atoms with Crippen LogP contribution in [0.2, 0.25) is 0 Å². The van der Waals surface area contributed by atoms with Gasteiger partial charge in [0.15, 0.2) is 0 Å². The van der Waals surface area contributed by atoms with Gasteiger partial charge in [-0.25, -0.2) is 0 Å². The lowest BCUT2D eigenvalue weighted by atomic mass is 9.31. The van der Waals surface area contributed by atoms with Gasteiger partial charge in [-0.15, -0.1) is 0 Å². The van der Waals surface area contributed by atoms with Crippen LogP contribution in [0.3, 0.4) is 0 Å². The van der Waals surface area contributed by atoms with Crippen LogP contribution in [0.5, 0.6) is 0 Å². The van der Waals surface area contributed by atoms with E-state index in [1.807, 2.05) is 23.5 Å². The van der Waals surface area contributed by atoms with Gasteiger partial charge in [-0.1, -0.05) is 286 Å². The van der Waals surface area contributed by atoms with E-state index in [9.17, 15) is 0 Å². The molecule has 4 nitrogen and oxygen atoms in total. The molecule has 0 radical (unpaired) electrons. The molecule has 0 spiro atoms. The van der Waals surface area contributed by atoms with Crippen molar-refractivity contribution in [1.82, 2.24) is 0 Å². The van der Waals surface area contributed by atoms with Crippen molar-refractivity contribution in [2.45, 2.75) is 45.8 Å². The van der Waals surface area contributed by atoms with Gasteiger partial charge in [0.2, 0.25) is 13.4 Å². The van der Waals surface area contributed by atoms with E-state index in [4.69, 9.17) is 0 Å². The highest BCUT2D eigenvalue weighted by Crippen LogP contribution is 2.52. The number of hydrogen-bond donors (Lipinski definition) is 0. The van der Waals surface area contributed by atoms with Crippen molar-refractivity contribution >= 4 is 138 Å². The molecule has 0 atom stereocenters. The second-order valence-corrected chi connectivity index (χ2v) is 28.5. The second-order valence-electron chi connectivity index (χ2n) is 26.4. The van der Waals surface area contributed by atoms with Crippen LogP contribution in [-0.2, 0) is 5.41 Å². The average molecular weight is 1260 g/mol. The minimum Gasteiger partial charge on any atom is -0.311 e. The molecular formula is C88H64B2N4S2. The van der Waals surface area contributed by atoms with Crippen molar-refractivity contribution in [2.75, 3.05) is 19.6 Å². The topological polar surface area (TPSA) is 13.0 Å². The molecule has 4 aliphatic rings. The van der Waals surface area contributed by atoms with Crippen LogP contribution in [0.15, 0.2) is 353 Å². The molecule has 14 aromatic carbocycles. The van der Waals surface area contributed by atoms with Crippen molar-refractivity contribution in [1.29, 1.82) is 0 Å². The van der Waals surface area contributed by atoms with Crippen LogP contribution in [0.4, 0.5) is 68.2 Å². The number of benzene rings is 14. The summed E-state index contributed by atoms with van der Waals surface area (Å²) >= 11 is 3.83. The number of hydrogen-bond acceptors (Lipinski definition) is 6. The molecule has 454 valence electrons. The molecule has 0 saturated carbocycles. The van der Waals surface area contributed by atoms with Gasteiger partial charge in [-0.2, -0.15) is 0 Å². The van der Waals surface area contributed by atoms with Gasteiger partial charge in [0, 0.05) is 87.6 Å². The lowest BCUT2D eigenvalue weighted by Gasteiger charge is -2.44. The first kappa shape index (κ1) is 57.7. The minimum atomic E-state index is -0.0929. The zero-order valence-electron chi connectivity index (χ0n) is 53.5. The predicted octanol–water partition coefficient (Wildman–Crippen LogP) is 20.5. The van der Waals surface area contributed by atoms with Gasteiger partial charge < -0.3 is 19.6 Å². The minimum absolute atomic E-state index is 0.00380. The molecule has 4 heterocycles. The van der Waals surface area contributed by atoms with E-state index in [2.05, 4.69) is 374 Å². The molecular weight excluding hydrogens is 1200 g/mol. The number of rotatable bonds is 11. The maximum absolute atomic E-state index is 2.66. The molecule has 0 fully saturated rings. The average Bonchev–Trinajstić information content (AvgIpc) is 0.704. The molecule has 0 bridgehead atoms. The Bertz CT molecular complexity index is 5260. The SMILES string of the molecule is CC(C)(C)c1ccc(-c2ccccc2N2c3cc4c(cc3B3c5ccccc5Sc5cc(N(c6ccc(-c7ccccc7)cc6)c6ccccc6-c6ccccc6)cc2c53)B2c3ccccc3N(c3ccccc3)c3cc(N(c5ccccc5)c5ccccc5)cc(c32)S4)cc1. The van der Waals surface area contributed by atoms with Gasteiger partial charge in [-0.05, 0) is 158 Å². The summed E-state index contributed by atoms with van der Waals surface area (Å²) in [5.74, 6) is 0. The van der Waals surface area contributed by atoms with Crippen molar-refractivity contribution in [3.63, 3.8) is 0 Å². The van der Waals surface area contributed by atoms with Gasteiger partial charge in [0.05, 0.1) is 11.4 Å². The molecule has 4 aliphatic heterocycles. The third kappa shape index (κ3) is 9.80. The van der Waals surface area contributed by atoms with Crippen molar-refractivity contribution in [3.8, 4) is 33.4 Å². The lowest BCUT2D eigenvalue weighted by molar-refractivity contribution is 0.590. The third-order valence-electron chi connectivity index (χ3n) is 19.7. The van der Waals surface area contributed by atoms with E-state index in [0.717, 1.165) is 62.3 Å². The molecule has 0 N–H and O–H groups in total. The molecule has 96 heavy (non-hydrogen) atoms. The van der Waals surface area contributed by atoms with Gasteiger partial charge >= 0.3 is 0 Å². The van der Waals surface area contributed by atoms with Crippen molar-refractivity contribution in [3.05, 3.63) is 339 Å². The number of nitrogens with zero attached hydrogens (tertiary/aromatic N) is 4. The fourth-order valence-electron chi connectivity index (χ4n) is 15.3. The fraction of sp³-hybridized carbons (Fsp3) is 0.0455. The quantitative estimate of drug-likeness (QED) is 0.119. The van der Waals surface area contributed by atoms with Crippen LogP contribution < -0.4 is 52.4 Å². The van der Waals surface area contributed by atoms with Gasteiger partial charge in [-0.3, -0.25) is 0 Å². The Morgan fingerprint density at radius 2 is 0.750 bits per heavy atom. The summed E-state index contributed by atoms with van der Waals surface area (Å²) in [6, 6.07) is 125. The van der Waals surface area contributed by atoms with Gasteiger partial charge in [0.25, 0.3) is 0 Å². The first-order valence-corrected chi connectivity index (χ1v) is 34.8. The third-order valence-corrected chi connectivity index (χ3v) is 22.0. The van der Waals surface area contributed by atoms with E-state index in [1.165, 1.54) is 97.2 Å². The molecule has 0 aliphatic carbocycles. The molecule has 0 unspecified atom stereocenters. The molecule has 0 saturated heterocycles.